The van der Waals surface area contributed by atoms with Crippen LogP contribution in [-0.4, -0.2) is 36.1 Å². The number of carbonyl (C=O) groups excluding carboxylic acids is 1. The van der Waals surface area contributed by atoms with Gasteiger partial charge in [0, 0.05) is 24.3 Å². The Bertz CT molecular complexity index is 1150. The van der Waals surface area contributed by atoms with E-state index in [0.717, 1.165) is 23.1 Å². The lowest BCUT2D eigenvalue weighted by molar-refractivity contribution is -0.122. The van der Waals surface area contributed by atoms with Crippen LogP contribution in [-0.2, 0) is 27.8 Å². The van der Waals surface area contributed by atoms with Crippen LogP contribution in [0.4, 0.5) is 8.78 Å². The second-order valence-corrected chi connectivity index (χ2v) is 8.79. The summed E-state index contributed by atoms with van der Waals surface area (Å²) in [4.78, 5) is 19.9. The van der Waals surface area contributed by atoms with E-state index in [2.05, 4.69) is 20.0 Å². The van der Waals surface area contributed by atoms with Crippen molar-refractivity contribution in [2.45, 2.75) is 32.4 Å². The van der Waals surface area contributed by atoms with E-state index in [4.69, 9.17) is 0 Å². The molecule has 0 aliphatic heterocycles. The SMILES string of the molecule is CCCS(=O)(=O)NC(Cc1ccc(F)c(F)c1)C(=O)NCc1cnc2[nH]ccc2c1. The van der Waals surface area contributed by atoms with Crippen LogP contribution in [0.15, 0.2) is 42.7 Å². The lowest BCUT2D eigenvalue weighted by Crippen LogP contribution is -2.48. The van der Waals surface area contributed by atoms with Crippen LogP contribution in [0.25, 0.3) is 11.0 Å². The van der Waals surface area contributed by atoms with Crippen LogP contribution < -0.4 is 10.0 Å². The molecule has 2 heterocycles. The molecule has 1 aromatic carbocycles. The van der Waals surface area contributed by atoms with Crippen molar-refractivity contribution in [3.63, 3.8) is 0 Å². The second kappa shape index (κ2) is 9.31. The number of hydrogen-bond acceptors (Lipinski definition) is 4. The molecule has 0 bridgehead atoms. The Morgan fingerprint density at radius 1 is 1.17 bits per heavy atom. The Balaban J connectivity index is 1.74. The van der Waals surface area contributed by atoms with Crippen molar-refractivity contribution >= 4 is 27.0 Å². The van der Waals surface area contributed by atoms with Crippen LogP contribution in [0.1, 0.15) is 24.5 Å². The number of aromatic nitrogens is 2. The fourth-order valence-corrected chi connectivity index (χ4v) is 4.31. The predicted molar refractivity (Wildman–Crippen MR) is 109 cm³/mol. The molecular weight excluding hydrogens is 414 g/mol. The third-order valence-electron chi connectivity index (χ3n) is 4.46. The third-order valence-corrected chi connectivity index (χ3v) is 6.05. The summed E-state index contributed by atoms with van der Waals surface area (Å²) in [5.41, 5.74) is 1.75. The van der Waals surface area contributed by atoms with Crippen molar-refractivity contribution in [2.75, 3.05) is 5.75 Å². The Hall–Kier alpha value is -2.85. The first-order valence-electron chi connectivity index (χ1n) is 9.41. The van der Waals surface area contributed by atoms with Gasteiger partial charge in [0.1, 0.15) is 11.7 Å². The second-order valence-electron chi connectivity index (χ2n) is 6.92. The predicted octanol–water partition coefficient (Wildman–Crippen LogP) is 2.40. The summed E-state index contributed by atoms with van der Waals surface area (Å²) in [6.07, 6.45) is 3.60. The molecule has 7 nitrogen and oxygen atoms in total. The highest BCUT2D eigenvalue weighted by Crippen LogP contribution is 2.13. The number of nitrogens with zero attached hydrogens (tertiary/aromatic N) is 1. The normalized spacial score (nSPS) is 12.8. The molecule has 1 unspecified atom stereocenters. The Morgan fingerprint density at radius 3 is 2.70 bits per heavy atom. The standard InChI is InChI=1S/C20H22F2N4O3S/c1-2-7-30(28,29)26-18(10-13-3-4-16(21)17(22)9-13)20(27)25-12-14-8-15-5-6-23-19(15)24-11-14/h3-6,8-9,11,18,26H,2,7,10,12H2,1H3,(H,23,24)(H,25,27). The van der Waals surface area contributed by atoms with Gasteiger partial charge in [0.15, 0.2) is 11.6 Å². The minimum atomic E-state index is -3.71. The Labute approximate surface area is 173 Å². The third kappa shape index (κ3) is 5.61. The van der Waals surface area contributed by atoms with Crippen molar-refractivity contribution < 1.29 is 22.0 Å². The van der Waals surface area contributed by atoms with Gasteiger partial charge < -0.3 is 10.3 Å². The number of fused-ring (bicyclic) bond motifs is 1. The first kappa shape index (κ1) is 21.8. The molecule has 2 aromatic heterocycles. The summed E-state index contributed by atoms with van der Waals surface area (Å²) < 4.78 is 53.5. The van der Waals surface area contributed by atoms with E-state index in [9.17, 15) is 22.0 Å². The average molecular weight is 436 g/mol. The molecule has 0 radical (unpaired) electrons. The quantitative estimate of drug-likeness (QED) is 0.479. The smallest absolute Gasteiger partial charge is 0.238 e. The summed E-state index contributed by atoms with van der Waals surface area (Å²) in [5, 5.41) is 3.56. The lowest BCUT2D eigenvalue weighted by Gasteiger charge is -2.19. The van der Waals surface area contributed by atoms with Crippen LogP contribution >= 0.6 is 0 Å². The molecule has 10 heteroatoms. The highest BCUT2D eigenvalue weighted by molar-refractivity contribution is 7.89. The number of H-pyrrole nitrogens is 1. The molecule has 0 aliphatic carbocycles. The van der Waals surface area contributed by atoms with E-state index in [1.165, 1.54) is 6.07 Å². The Kier molecular flexibility index (Phi) is 6.78. The van der Waals surface area contributed by atoms with E-state index < -0.39 is 33.6 Å². The fraction of sp³-hybridized carbons (Fsp3) is 0.300. The number of sulfonamides is 1. The van der Waals surface area contributed by atoms with Gasteiger partial charge in [-0.1, -0.05) is 13.0 Å². The average Bonchev–Trinajstić information content (AvgIpc) is 3.16. The van der Waals surface area contributed by atoms with Crippen LogP contribution in [0, 0.1) is 11.6 Å². The zero-order valence-corrected chi connectivity index (χ0v) is 17.1. The van der Waals surface area contributed by atoms with E-state index >= 15 is 0 Å². The van der Waals surface area contributed by atoms with Gasteiger partial charge >= 0.3 is 0 Å². The minimum Gasteiger partial charge on any atom is -0.351 e. The molecule has 3 rings (SSSR count). The van der Waals surface area contributed by atoms with Gasteiger partial charge in [-0.2, -0.15) is 0 Å². The molecule has 1 atom stereocenters. The van der Waals surface area contributed by atoms with Crippen LogP contribution in [0.2, 0.25) is 0 Å². The number of hydrogen-bond donors (Lipinski definition) is 3. The maximum absolute atomic E-state index is 13.5. The molecule has 160 valence electrons. The molecule has 1 amide bonds. The number of benzene rings is 1. The molecule has 3 aromatic rings. The maximum atomic E-state index is 13.5. The van der Waals surface area contributed by atoms with E-state index in [0.29, 0.717) is 17.6 Å². The van der Waals surface area contributed by atoms with E-state index in [-0.39, 0.29) is 18.7 Å². The lowest BCUT2D eigenvalue weighted by atomic mass is 10.1. The molecule has 30 heavy (non-hydrogen) atoms. The van der Waals surface area contributed by atoms with E-state index in [1.54, 1.807) is 19.3 Å². The fourth-order valence-electron chi connectivity index (χ4n) is 3.03. The van der Waals surface area contributed by atoms with Crippen molar-refractivity contribution in [2.24, 2.45) is 0 Å². The van der Waals surface area contributed by atoms with Crippen molar-refractivity contribution in [1.82, 2.24) is 20.0 Å². The number of halogens is 2. The first-order chi connectivity index (χ1) is 14.3. The summed E-state index contributed by atoms with van der Waals surface area (Å²) >= 11 is 0. The maximum Gasteiger partial charge on any atom is 0.238 e. The number of nitrogens with one attached hydrogen (secondary N) is 3. The van der Waals surface area contributed by atoms with Gasteiger partial charge in [-0.3, -0.25) is 4.79 Å². The highest BCUT2D eigenvalue weighted by atomic mass is 32.2. The molecule has 0 fully saturated rings. The van der Waals surface area contributed by atoms with E-state index in [1.807, 2.05) is 12.1 Å². The first-order valence-corrected chi connectivity index (χ1v) is 11.1. The van der Waals surface area contributed by atoms with Gasteiger partial charge in [-0.05, 0) is 48.2 Å². The van der Waals surface area contributed by atoms with Gasteiger partial charge in [-0.25, -0.2) is 26.9 Å². The molecule has 3 N–H and O–H groups in total. The number of amides is 1. The monoisotopic (exact) mass is 436 g/mol. The van der Waals surface area contributed by atoms with Gasteiger partial charge in [-0.15, -0.1) is 0 Å². The van der Waals surface area contributed by atoms with Crippen molar-refractivity contribution in [1.29, 1.82) is 0 Å². The Morgan fingerprint density at radius 2 is 1.97 bits per heavy atom. The summed E-state index contributed by atoms with van der Waals surface area (Å²) in [6.45, 7) is 1.84. The number of carbonyl (C=O) groups is 1. The number of aromatic amines is 1. The molecule has 0 saturated carbocycles. The van der Waals surface area contributed by atoms with Gasteiger partial charge in [0.05, 0.1) is 5.75 Å². The topological polar surface area (TPSA) is 104 Å². The van der Waals surface area contributed by atoms with Gasteiger partial charge in [0.2, 0.25) is 15.9 Å². The summed E-state index contributed by atoms with van der Waals surface area (Å²) in [6, 6.07) is 5.74. The highest BCUT2D eigenvalue weighted by Gasteiger charge is 2.24. The molecular formula is C20H22F2N4O3S. The largest absolute Gasteiger partial charge is 0.351 e. The van der Waals surface area contributed by atoms with Crippen LogP contribution in [0.3, 0.4) is 0 Å². The summed E-state index contributed by atoms with van der Waals surface area (Å²) in [5.74, 6) is -2.80. The molecule has 0 spiro atoms. The molecule has 0 saturated heterocycles. The summed E-state index contributed by atoms with van der Waals surface area (Å²) in [7, 11) is -3.71. The number of pyridine rings is 1. The van der Waals surface area contributed by atoms with Crippen molar-refractivity contribution in [3.05, 3.63) is 65.5 Å². The van der Waals surface area contributed by atoms with Gasteiger partial charge in [0.25, 0.3) is 0 Å². The molecule has 0 aliphatic rings. The zero-order chi connectivity index (χ0) is 21.7. The van der Waals surface area contributed by atoms with Crippen molar-refractivity contribution in [3.8, 4) is 0 Å². The van der Waals surface area contributed by atoms with Crippen LogP contribution in [0.5, 0.6) is 0 Å². The zero-order valence-electron chi connectivity index (χ0n) is 16.3. The minimum absolute atomic E-state index is 0.124. The number of rotatable bonds is 9.